The number of rotatable bonds is 4. The van der Waals surface area contributed by atoms with Gasteiger partial charge in [-0.3, -0.25) is 9.36 Å². The van der Waals surface area contributed by atoms with Gasteiger partial charge in [-0.15, -0.1) is 0 Å². The molecule has 0 aliphatic carbocycles. The van der Waals surface area contributed by atoms with Gasteiger partial charge in [0.1, 0.15) is 0 Å². The lowest BCUT2D eigenvalue weighted by atomic mass is 10.1. The van der Waals surface area contributed by atoms with Crippen molar-refractivity contribution in [3.05, 3.63) is 77.6 Å². The summed E-state index contributed by atoms with van der Waals surface area (Å²) in [5.41, 5.74) is 2.30. The van der Waals surface area contributed by atoms with E-state index in [2.05, 4.69) is 0 Å². The van der Waals surface area contributed by atoms with Crippen LogP contribution in [0.3, 0.4) is 0 Å². The first-order chi connectivity index (χ1) is 13.3. The van der Waals surface area contributed by atoms with Crippen LogP contribution in [-0.2, 0) is 10.0 Å². The largest absolute Gasteiger partial charge is 0.287 e. The maximum absolute atomic E-state index is 12.7. The van der Waals surface area contributed by atoms with E-state index in [-0.39, 0.29) is 11.7 Å². The highest BCUT2D eigenvalue weighted by Gasteiger charge is 2.14. The Balaban J connectivity index is 1.58. The molecule has 0 spiro atoms. The molecule has 0 aliphatic heterocycles. The summed E-state index contributed by atoms with van der Waals surface area (Å²) >= 11 is 5.96. The minimum Gasteiger partial charge on any atom is -0.287 e. The zero-order chi connectivity index (χ0) is 19.9. The van der Waals surface area contributed by atoms with E-state index in [9.17, 15) is 13.2 Å². The van der Waals surface area contributed by atoms with Gasteiger partial charge in [0.2, 0.25) is 15.9 Å². The number of aromatic nitrogens is 2. The summed E-state index contributed by atoms with van der Waals surface area (Å²) in [6.07, 6.45) is 6.67. The fourth-order valence-electron chi connectivity index (χ4n) is 3.26. The maximum Gasteiger partial charge on any atom is 0.242 e. The Morgan fingerprint density at radius 3 is 2.50 bits per heavy atom. The lowest BCUT2D eigenvalue weighted by Crippen LogP contribution is -2.14. The third-order valence-electron chi connectivity index (χ3n) is 4.59. The number of carbonyl (C=O) groups excluding carboxylic acids is 1. The number of benzene rings is 2. The van der Waals surface area contributed by atoms with Gasteiger partial charge in [0, 0.05) is 35.1 Å². The zero-order valence-corrected chi connectivity index (χ0v) is 16.6. The normalized spacial score (nSPS) is 12.4. The molecule has 0 amide bonds. The molecule has 0 N–H and O–H groups in total. The Labute approximate surface area is 167 Å². The van der Waals surface area contributed by atoms with Crippen LogP contribution in [-0.4, -0.2) is 28.6 Å². The molecule has 2 aromatic heterocycles. The molecule has 2 aromatic carbocycles. The van der Waals surface area contributed by atoms with Gasteiger partial charge in [0.05, 0.1) is 16.8 Å². The molecule has 0 atom stereocenters. The predicted molar refractivity (Wildman–Crippen MR) is 113 cm³/mol. The van der Waals surface area contributed by atoms with Crippen molar-refractivity contribution in [1.82, 2.24) is 8.54 Å². The Morgan fingerprint density at radius 1 is 1.00 bits per heavy atom. The topological polar surface area (TPSA) is 61.1 Å². The molecule has 4 aromatic rings. The molecule has 0 aliphatic rings. The van der Waals surface area contributed by atoms with E-state index < -0.39 is 10.0 Å². The summed E-state index contributed by atoms with van der Waals surface area (Å²) in [5, 5.41) is 2.27. The van der Waals surface area contributed by atoms with Gasteiger partial charge < -0.3 is 0 Å². The first kappa shape index (κ1) is 18.5. The van der Waals surface area contributed by atoms with E-state index >= 15 is 0 Å². The van der Waals surface area contributed by atoms with Crippen LogP contribution in [0, 0.1) is 0 Å². The number of hydrogen-bond acceptors (Lipinski definition) is 3. The molecule has 0 fully saturated rings. The van der Waals surface area contributed by atoms with Crippen molar-refractivity contribution in [1.29, 1.82) is 0 Å². The third kappa shape index (κ3) is 3.37. The van der Waals surface area contributed by atoms with E-state index in [1.807, 2.05) is 24.3 Å². The molecule has 5 nitrogen and oxygen atoms in total. The highest BCUT2D eigenvalue weighted by molar-refractivity contribution is 7.90. The second-order valence-corrected chi connectivity index (χ2v) is 8.85. The molecule has 7 heteroatoms. The summed E-state index contributed by atoms with van der Waals surface area (Å²) in [4.78, 5) is 11.6. The standard InChI is InChI=1S/C21H17ClN2O3S/c1-15(25)23-10-8-17-13-16(4-6-20(17)23)3-2-12-28(26,27)24-11-9-18-14-19(22)5-7-21(18)24/h2-11,13-14H,12H2,1H3. The van der Waals surface area contributed by atoms with Crippen LogP contribution in [0.4, 0.5) is 0 Å². The molecule has 0 saturated heterocycles. The number of hydrogen-bond donors (Lipinski definition) is 0. The Morgan fingerprint density at radius 2 is 1.71 bits per heavy atom. The Kier molecular flexibility index (Phi) is 4.61. The molecule has 28 heavy (non-hydrogen) atoms. The Hall–Kier alpha value is -2.83. The van der Waals surface area contributed by atoms with Crippen molar-refractivity contribution in [2.45, 2.75) is 6.92 Å². The quantitative estimate of drug-likeness (QED) is 0.483. The van der Waals surface area contributed by atoms with Crippen LogP contribution in [0.1, 0.15) is 17.3 Å². The predicted octanol–water partition coefficient (Wildman–Crippen LogP) is 4.80. The molecule has 0 saturated carbocycles. The second kappa shape index (κ2) is 6.96. The number of carbonyl (C=O) groups is 1. The van der Waals surface area contributed by atoms with E-state index in [4.69, 9.17) is 11.6 Å². The highest BCUT2D eigenvalue weighted by atomic mass is 35.5. The summed E-state index contributed by atoms with van der Waals surface area (Å²) in [6, 6.07) is 14.3. The highest BCUT2D eigenvalue weighted by Crippen LogP contribution is 2.22. The van der Waals surface area contributed by atoms with Crippen LogP contribution in [0.15, 0.2) is 67.0 Å². The van der Waals surface area contributed by atoms with Crippen LogP contribution in [0.2, 0.25) is 5.02 Å². The fourth-order valence-corrected chi connectivity index (χ4v) is 4.65. The van der Waals surface area contributed by atoms with Gasteiger partial charge in [-0.25, -0.2) is 12.4 Å². The van der Waals surface area contributed by atoms with Gasteiger partial charge in [0.15, 0.2) is 0 Å². The number of fused-ring (bicyclic) bond motifs is 2. The smallest absolute Gasteiger partial charge is 0.242 e. The molecule has 0 unspecified atom stereocenters. The number of nitrogens with zero attached hydrogens (tertiary/aromatic N) is 2. The summed E-state index contributed by atoms with van der Waals surface area (Å²) in [6.45, 7) is 1.51. The van der Waals surface area contributed by atoms with Crippen LogP contribution in [0.25, 0.3) is 27.9 Å². The minimum absolute atomic E-state index is 0.0513. The van der Waals surface area contributed by atoms with E-state index in [0.29, 0.717) is 10.5 Å². The molecule has 2 heterocycles. The molecular formula is C21H17ClN2O3S. The van der Waals surface area contributed by atoms with Gasteiger partial charge in [0.25, 0.3) is 0 Å². The van der Waals surface area contributed by atoms with E-state index in [0.717, 1.165) is 21.9 Å². The average Bonchev–Trinajstić information content (AvgIpc) is 3.25. The summed E-state index contributed by atoms with van der Waals surface area (Å²) in [5.74, 6) is -0.184. The zero-order valence-electron chi connectivity index (χ0n) is 15.0. The lowest BCUT2D eigenvalue weighted by Gasteiger charge is -2.05. The van der Waals surface area contributed by atoms with Crippen molar-refractivity contribution < 1.29 is 13.2 Å². The SMILES string of the molecule is CC(=O)n1ccc2cc(C=CCS(=O)(=O)n3ccc4cc(Cl)ccc43)ccc21. The minimum atomic E-state index is -3.54. The van der Waals surface area contributed by atoms with E-state index in [1.165, 1.54) is 10.9 Å². The first-order valence-electron chi connectivity index (χ1n) is 8.64. The monoisotopic (exact) mass is 412 g/mol. The fraction of sp³-hybridized carbons (Fsp3) is 0.0952. The van der Waals surface area contributed by atoms with Gasteiger partial charge in [-0.05, 0) is 48.0 Å². The lowest BCUT2D eigenvalue weighted by molar-refractivity contribution is 0.0941. The van der Waals surface area contributed by atoms with Crippen molar-refractivity contribution in [3.8, 4) is 0 Å². The van der Waals surface area contributed by atoms with Crippen molar-refractivity contribution in [2.24, 2.45) is 0 Å². The van der Waals surface area contributed by atoms with Gasteiger partial charge in [-0.1, -0.05) is 29.8 Å². The maximum atomic E-state index is 12.7. The average molecular weight is 413 g/mol. The van der Waals surface area contributed by atoms with Crippen molar-refractivity contribution in [2.75, 3.05) is 5.75 Å². The van der Waals surface area contributed by atoms with Gasteiger partial charge >= 0.3 is 0 Å². The molecule has 0 radical (unpaired) electrons. The van der Waals surface area contributed by atoms with Gasteiger partial charge in [-0.2, -0.15) is 0 Å². The van der Waals surface area contributed by atoms with Crippen LogP contribution in [0.5, 0.6) is 0 Å². The number of halogens is 1. The van der Waals surface area contributed by atoms with Crippen LogP contribution < -0.4 is 0 Å². The Bertz CT molecular complexity index is 1350. The molecule has 142 valence electrons. The van der Waals surface area contributed by atoms with Crippen LogP contribution >= 0.6 is 11.6 Å². The molecule has 0 bridgehead atoms. The third-order valence-corrected chi connectivity index (χ3v) is 6.35. The van der Waals surface area contributed by atoms with E-state index in [1.54, 1.807) is 53.4 Å². The van der Waals surface area contributed by atoms with Crippen molar-refractivity contribution >= 4 is 55.4 Å². The molecule has 4 rings (SSSR count). The summed E-state index contributed by atoms with van der Waals surface area (Å²) < 4.78 is 28.3. The summed E-state index contributed by atoms with van der Waals surface area (Å²) in [7, 11) is -3.54. The molecular weight excluding hydrogens is 396 g/mol. The first-order valence-corrected chi connectivity index (χ1v) is 10.6. The second-order valence-electron chi connectivity index (χ2n) is 6.52. The van der Waals surface area contributed by atoms with Crippen molar-refractivity contribution in [3.63, 3.8) is 0 Å².